The average molecular weight is 545 g/mol. The maximum absolute atomic E-state index is 13.3. The Labute approximate surface area is 233 Å². The molecule has 1 aliphatic heterocycles. The molecule has 1 aromatic heterocycles. The van der Waals surface area contributed by atoms with Gasteiger partial charge in [-0.1, -0.05) is 42.0 Å². The van der Waals surface area contributed by atoms with Crippen LogP contribution in [0.3, 0.4) is 0 Å². The topological polar surface area (TPSA) is 94.0 Å². The minimum atomic E-state index is -0.298. The molecule has 2 amide bonds. The summed E-state index contributed by atoms with van der Waals surface area (Å²) in [4.78, 5) is 30.2. The highest BCUT2D eigenvalue weighted by atomic mass is 32.1. The van der Waals surface area contributed by atoms with Crippen molar-refractivity contribution in [1.29, 1.82) is 0 Å². The first-order valence-corrected chi connectivity index (χ1v) is 14.6. The quantitative estimate of drug-likeness (QED) is 0.270. The van der Waals surface area contributed by atoms with Crippen LogP contribution in [-0.2, 0) is 19.4 Å². The van der Waals surface area contributed by atoms with Crippen LogP contribution < -0.4 is 10.7 Å². The summed E-state index contributed by atoms with van der Waals surface area (Å²) in [5, 5.41) is 17.2. The number of likely N-dealkylation sites (tertiary alicyclic amines) is 1. The van der Waals surface area contributed by atoms with Gasteiger partial charge in [0.05, 0.1) is 11.8 Å². The van der Waals surface area contributed by atoms with Crippen molar-refractivity contribution >= 4 is 34.4 Å². The molecule has 0 unspecified atom stereocenters. The molecular weight excluding hydrogens is 508 g/mol. The van der Waals surface area contributed by atoms with E-state index in [0.717, 1.165) is 80.4 Å². The number of hydrogen-bond acceptors (Lipinski definition) is 6. The molecule has 1 fully saturated rings. The van der Waals surface area contributed by atoms with E-state index in [1.807, 2.05) is 55.5 Å². The number of nitrogens with zero attached hydrogens (tertiary/aromatic N) is 2. The Balaban J connectivity index is 1.29. The maximum atomic E-state index is 13.3. The van der Waals surface area contributed by atoms with Crippen molar-refractivity contribution in [3.8, 4) is 0 Å². The number of aryl methyl sites for hydroxylation is 2. The van der Waals surface area contributed by atoms with E-state index in [1.165, 1.54) is 16.2 Å². The molecule has 1 aliphatic carbocycles. The number of fused-ring (bicyclic) bond motifs is 1. The van der Waals surface area contributed by atoms with E-state index in [1.54, 1.807) is 6.21 Å². The molecule has 2 aliphatic rings. The number of hydrazone groups is 1. The zero-order valence-corrected chi connectivity index (χ0v) is 23.2. The fourth-order valence-corrected chi connectivity index (χ4v) is 6.62. The molecule has 0 bridgehead atoms. The van der Waals surface area contributed by atoms with Crippen molar-refractivity contribution in [3.63, 3.8) is 0 Å². The van der Waals surface area contributed by atoms with Crippen LogP contribution in [0.2, 0.25) is 0 Å². The van der Waals surface area contributed by atoms with E-state index < -0.39 is 0 Å². The lowest BCUT2D eigenvalue weighted by atomic mass is 9.95. The van der Waals surface area contributed by atoms with E-state index in [4.69, 9.17) is 0 Å². The van der Waals surface area contributed by atoms with Gasteiger partial charge >= 0.3 is 0 Å². The number of anilines is 1. The number of amides is 2. The Morgan fingerprint density at radius 1 is 1.08 bits per heavy atom. The van der Waals surface area contributed by atoms with Gasteiger partial charge in [0.2, 0.25) is 0 Å². The fourth-order valence-electron chi connectivity index (χ4n) is 5.34. The average Bonchev–Trinajstić information content (AvgIpc) is 3.32. The van der Waals surface area contributed by atoms with Crippen molar-refractivity contribution in [2.24, 2.45) is 11.0 Å². The predicted octanol–water partition coefficient (Wildman–Crippen LogP) is 5.16. The summed E-state index contributed by atoms with van der Waals surface area (Å²) in [6, 6.07) is 15.6. The van der Waals surface area contributed by atoms with Crippen molar-refractivity contribution in [3.05, 3.63) is 86.8 Å². The van der Waals surface area contributed by atoms with Gasteiger partial charge < -0.3 is 10.4 Å². The summed E-state index contributed by atoms with van der Waals surface area (Å²) in [6.07, 6.45) is 7.50. The lowest BCUT2D eigenvalue weighted by Gasteiger charge is -2.31. The van der Waals surface area contributed by atoms with Crippen LogP contribution in [0.1, 0.15) is 73.5 Å². The third-order valence-electron chi connectivity index (χ3n) is 7.64. The first kappa shape index (κ1) is 27.2. The molecule has 0 radical (unpaired) electrons. The lowest BCUT2D eigenvalue weighted by molar-refractivity contribution is 0.0955. The molecule has 8 heteroatoms. The molecule has 2 aromatic carbocycles. The van der Waals surface area contributed by atoms with Crippen molar-refractivity contribution < 1.29 is 14.7 Å². The minimum absolute atomic E-state index is 0.216. The molecular formula is C31H36N4O3S. The van der Waals surface area contributed by atoms with Gasteiger partial charge in [-0.2, -0.15) is 5.10 Å². The molecule has 7 nitrogen and oxygen atoms in total. The number of carbonyl (C=O) groups is 2. The molecule has 0 atom stereocenters. The highest BCUT2D eigenvalue weighted by molar-refractivity contribution is 7.17. The number of benzene rings is 2. The van der Waals surface area contributed by atoms with Crippen LogP contribution in [0.25, 0.3) is 0 Å². The Hall–Kier alpha value is -3.33. The van der Waals surface area contributed by atoms with Gasteiger partial charge in [0.15, 0.2) is 0 Å². The number of carbonyl (C=O) groups excluding carboxylic acids is 2. The summed E-state index contributed by atoms with van der Waals surface area (Å²) < 4.78 is 0. The van der Waals surface area contributed by atoms with E-state index >= 15 is 0 Å². The number of piperidine rings is 1. The van der Waals surface area contributed by atoms with E-state index in [0.29, 0.717) is 22.0 Å². The van der Waals surface area contributed by atoms with Crippen molar-refractivity contribution in [2.75, 3.05) is 25.0 Å². The summed E-state index contributed by atoms with van der Waals surface area (Å²) in [7, 11) is 0. The number of aliphatic hydroxyl groups excluding tert-OH is 1. The van der Waals surface area contributed by atoms with Crippen molar-refractivity contribution in [2.45, 2.75) is 52.0 Å². The zero-order chi connectivity index (χ0) is 27.2. The van der Waals surface area contributed by atoms with Gasteiger partial charge in [-0.3, -0.25) is 14.5 Å². The first-order valence-electron chi connectivity index (χ1n) is 13.8. The lowest BCUT2D eigenvalue weighted by Crippen LogP contribution is -2.34. The molecule has 3 aromatic rings. The molecule has 0 spiro atoms. The second-order valence-electron chi connectivity index (χ2n) is 10.6. The number of aliphatic hydroxyl groups is 1. The van der Waals surface area contributed by atoms with E-state index in [9.17, 15) is 14.7 Å². The number of nitrogens with one attached hydrogen (secondary N) is 2. The predicted molar refractivity (Wildman–Crippen MR) is 157 cm³/mol. The van der Waals surface area contributed by atoms with Crippen LogP contribution in [0.15, 0.2) is 53.6 Å². The van der Waals surface area contributed by atoms with Gasteiger partial charge in [-0.05, 0) is 93.3 Å². The highest BCUT2D eigenvalue weighted by Crippen LogP contribution is 2.38. The normalized spacial score (nSPS) is 16.3. The van der Waals surface area contributed by atoms with Crippen LogP contribution in [-0.4, -0.2) is 47.7 Å². The van der Waals surface area contributed by atoms with Gasteiger partial charge in [0.25, 0.3) is 11.8 Å². The number of rotatable bonds is 8. The van der Waals surface area contributed by atoms with Gasteiger partial charge in [-0.15, -0.1) is 11.3 Å². The standard InChI is InChI=1S/C31H36N4O3S/c1-21-9-11-22(12-10-21)18-32-34-30(38)28-26-7-2-3-8-27(26)39-31(28)33-29(37)25-6-4-5-24(17-25)19-35-15-13-23(20-36)14-16-35/h4-6,9-12,17-18,23,36H,2-3,7-8,13-16,19-20H2,1H3,(H,33,37)(H,34,38)/b32-18+. The molecule has 2 heterocycles. The third kappa shape index (κ3) is 6.82. The highest BCUT2D eigenvalue weighted by Gasteiger charge is 2.27. The summed E-state index contributed by atoms with van der Waals surface area (Å²) in [6.45, 7) is 4.96. The summed E-state index contributed by atoms with van der Waals surface area (Å²) >= 11 is 1.51. The molecule has 5 rings (SSSR count). The van der Waals surface area contributed by atoms with Crippen LogP contribution >= 0.6 is 11.3 Å². The second-order valence-corrected chi connectivity index (χ2v) is 11.7. The smallest absolute Gasteiger partial charge is 0.274 e. The fraction of sp³-hybridized carbons (Fsp3) is 0.387. The molecule has 1 saturated heterocycles. The Kier molecular flexibility index (Phi) is 8.86. The third-order valence-corrected chi connectivity index (χ3v) is 8.85. The van der Waals surface area contributed by atoms with E-state index in [-0.39, 0.29) is 18.4 Å². The Bertz CT molecular complexity index is 1340. The molecule has 0 saturated carbocycles. The Morgan fingerprint density at radius 3 is 2.62 bits per heavy atom. The SMILES string of the molecule is Cc1ccc(/C=N/NC(=O)c2c(NC(=O)c3cccc(CN4CCC(CO)CC4)c3)sc3c2CCCC3)cc1. The zero-order valence-electron chi connectivity index (χ0n) is 22.4. The second kappa shape index (κ2) is 12.7. The van der Waals surface area contributed by atoms with E-state index in [2.05, 4.69) is 20.7 Å². The largest absolute Gasteiger partial charge is 0.396 e. The van der Waals surface area contributed by atoms with Gasteiger partial charge in [0, 0.05) is 23.6 Å². The van der Waals surface area contributed by atoms with Gasteiger partial charge in [0.1, 0.15) is 5.00 Å². The van der Waals surface area contributed by atoms with Crippen molar-refractivity contribution in [1.82, 2.24) is 10.3 Å². The number of thiophene rings is 1. The van der Waals surface area contributed by atoms with Gasteiger partial charge in [-0.25, -0.2) is 5.43 Å². The van der Waals surface area contributed by atoms with Crippen LogP contribution in [0.4, 0.5) is 5.00 Å². The van der Waals surface area contributed by atoms with Crippen LogP contribution in [0, 0.1) is 12.8 Å². The number of hydrogen-bond donors (Lipinski definition) is 3. The molecule has 204 valence electrons. The monoisotopic (exact) mass is 544 g/mol. The minimum Gasteiger partial charge on any atom is -0.396 e. The Morgan fingerprint density at radius 2 is 1.85 bits per heavy atom. The maximum Gasteiger partial charge on any atom is 0.274 e. The summed E-state index contributed by atoms with van der Waals surface area (Å²) in [5.41, 5.74) is 7.97. The summed E-state index contributed by atoms with van der Waals surface area (Å²) in [5.74, 6) is -0.116. The molecule has 3 N–H and O–H groups in total. The molecule has 39 heavy (non-hydrogen) atoms. The first-order chi connectivity index (χ1) is 19.0. The van der Waals surface area contributed by atoms with Crippen LogP contribution in [0.5, 0.6) is 0 Å².